The van der Waals surface area contributed by atoms with E-state index >= 15 is 0 Å². The third-order valence-corrected chi connectivity index (χ3v) is 3.66. The molecule has 1 aromatic rings. The van der Waals surface area contributed by atoms with E-state index < -0.39 is 6.04 Å². The summed E-state index contributed by atoms with van der Waals surface area (Å²) in [4.78, 5) is 13.8. The van der Waals surface area contributed by atoms with Crippen LogP contribution in [-0.2, 0) is 4.79 Å². The monoisotopic (exact) mass is 247 g/mol. The van der Waals surface area contributed by atoms with Crippen LogP contribution < -0.4 is 11.5 Å². The average Bonchev–Trinajstić information content (AvgIpc) is 2.80. The minimum Gasteiger partial charge on any atom is -0.339 e. The van der Waals surface area contributed by atoms with Gasteiger partial charge in [-0.25, -0.2) is 0 Å². The van der Waals surface area contributed by atoms with Crippen LogP contribution in [0.1, 0.15) is 24.8 Å². The van der Waals surface area contributed by atoms with Gasteiger partial charge in [-0.2, -0.15) is 0 Å². The maximum absolute atomic E-state index is 12.0. The van der Waals surface area contributed by atoms with E-state index in [0.717, 1.165) is 0 Å². The van der Waals surface area contributed by atoms with Gasteiger partial charge in [0.15, 0.2) is 0 Å². The molecular weight excluding hydrogens is 226 g/mol. The van der Waals surface area contributed by atoms with Crippen LogP contribution in [0.15, 0.2) is 30.3 Å². The molecule has 98 valence electrons. The van der Waals surface area contributed by atoms with Crippen molar-refractivity contribution >= 4 is 5.91 Å². The number of hydrogen-bond donors (Lipinski definition) is 2. The number of likely N-dealkylation sites (tertiary alicyclic amines) is 1. The van der Waals surface area contributed by atoms with E-state index in [1.165, 1.54) is 5.56 Å². The average molecular weight is 247 g/mol. The Morgan fingerprint density at radius 2 is 2.06 bits per heavy atom. The van der Waals surface area contributed by atoms with Gasteiger partial charge in [0.25, 0.3) is 0 Å². The van der Waals surface area contributed by atoms with E-state index in [2.05, 4.69) is 12.1 Å². The van der Waals surface area contributed by atoms with Crippen molar-refractivity contribution in [3.63, 3.8) is 0 Å². The predicted octanol–water partition coefficient (Wildman–Crippen LogP) is 0.677. The second-order valence-corrected chi connectivity index (χ2v) is 4.94. The van der Waals surface area contributed by atoms with Gasteiger partial charge in [-0.15, -0.1) is 0 Å². The third kappa shape index (κ3) is 2.54. The van der Waals surface area contributed by atoms with Gasteiger partial charge in [0.1, 0.15) is 0 Å². The summed E-state index contributed by atoms with van der Waals surface area (Å²) in [5, 5.41) is 0. The highest BCUT2D eigenvalue weighted by atomic mass is 16.2. The zero-order valence-electron chi connectivity index (χ0n) is 10.8. The maximum atomic E-state index is 12.0. The van der Waals surface area contributed by atoms with Crippen molar-refractivity contribution < 1.29 is 4.79 Å². The first kappa shape index (κ1) is 13.1. The molecule has 1 heterocycles. The molecule has 2 rings (SSSR count). The fraction of sp³-hybridized carbons (Fsp3) is 0.500. The molecule has 0 saturated carbocycles. The highest BCUT2D eigenvalue weighted by Crippen LogP contribution is 2.26. The number of hydrogen-bond acceptors (Lipinski definition) is 3. The van der Waals surface area contributed by atoms with Gasteiger partial charge in [0.05, 0.1) is 6.04 Å². The molecule has 1 saturated heterocycles. The van der Waals surface area contributed by atoms with E-state index in [9.17, 15) is 4.79 Å². The van der Waals surface area contributed by atoms with Gasteiger partial charge in [-0.1, -0.05) is 37.3 Å². The lowest BCUT2D eigenvalue weighted by atomic mass is 9.95. The quantitative estimate of drug-likeness (QED) is 0.825. The Hall–Kier alpha value is -1.39. The summed E-state index contributed by atoms with van der Waals surface area (Å²) in [5.74, 6) is 0.241. The van der Waals surface area contributed by atoms with Crippen molar-refractivity contribution in [1.82, 2.24) is 4.90 Å². The first-order valence-corrected chi connectivity index (χ1v) is 6.48. The molecule has 0 aliphatic carbocycles. The van der Waals surface area contributed by atoms with Gasteiger partial charge >= 0.3 is 0 Å². The molecule has 0 radical (unpaired) electrons. The number of nitrogens with zero attached hydrogens (tertiary/aromatic N) is 1. The van der Waals surface area contributed by atoms with E-state index in [1.807, 2.05) is 25.1 Å². The molecule has 4 nitrogen and oxygen atoms in total. The number of carbonyl (C=O) groups excluding carboxylic acids is 1. The first-order chi connectivity index (χ1) is 8.63. The number of nitrogens with two attached hydrogens (primary N) is 2. The van der Waals surface area contributed by atoms with E-state index in [0.29, 0.717) is 19.5 Å². The Balaban J connectivity index is 2.08. The third-order valence-electron chi connectivity index (χ3n) is 3.66. The van der Waals surface area contributed by atoms with Gasteiger partial charge in [0, 0.05) is 25.0 Å². The van der Waals surface area contributed by atoms with Gasteiger partial charge < -0.3 is 16.4 Å². The minimum atomic E-state index is -0.397. The largest absolute Gasteiger partial charge is 0.339 e. The highest BCUT2D eigenvalue weighted by molar-refractivity contribution is 5.82. The molecule has 1 aliphatic rings. The molecule has 0 unspecified atom stereocenters. The molecule has 1 amide bonds. The Bertz CT molecular complexity index is 407. The molecule has 0 spiro atoms. The minimum absolute atomic E-state index is 0.000376. The zero-order chi connectivity index (χ0) is 13.1. The summed E-state index contributed by atoms with van der Waals surface area (Å²) in [6, 6.07) is 9.73. The van der Waals surface area contributed by atoms with Crippen LogP contribution in [0.5, 0.6) is 0 Å². The van der Waals surface area contributed by atoms with Crippen molar-refractivity contribution in [3.05, 3.63) is 35.9 Å². The summed E-state index contributed by atoms with van der Waals surface area (Å²) in [6.45, 7) is 3.21. The molecule has 1 aliphatic heterocycles. The molecule has 18 heavy (non-hydrogen) atoms. The van der Waals surface area contributed by atoms with Gasteiger partial charge in [0.2, 0.25) is 5.91 Å². The summed E-state index contributed by atoms with van der Waals surface area (Å²) in [5.41, 5.74) is 13.1. The van der Waals surface area contributed by atoms with Crippen LogP contribution >= 0.6 is 0 Å². The molecule has 3 atom stereocenters. The molecule has 0 bridgehead atoms. The number of carbonyl (C=O) groups is 1. The van der Waals surface area contributed by atoms with Crippen LogP contribution in [0, 0.1) is 0 Å². The predicted molar refractivity (Wildman–Crippen MR) is 72.0 cm³/mol. The fourth-order valence-corrected chi connectivity index (χ4v) is 2.47. The molecule has 1 aromatic carbocycles. The van der Waals surface area contributed by atoms with Crippen molar-refractivity contribution in [2.45, 2.75) is 31.3 Å². The van der Waals surface area contributed by atoms with Crippen LogP contribution in [0.4, 0.5) is 0 Å². The van der Waals surface area contributed by atoms with Gasteiger partial charge in [-0.3, -0.25) is 4.79 Å². The summed E-state index contributed by atoms with van der Waals surface area (Å²) < 4.78 is 0. The van der Waals surface area contributed by atoms with Crippen molar-refractivity contribution in [2.75, 3.05) is 13.1 Å². The van der Waals surface area contributed by atoms with Crippen molar-refractivity contribution in [2.24, 2.45) is 11.5 Å². The molecular formula is C14H21N3O. The number of amides is 1. The Labute approximate surface area is 108 Å². The standard InChI is InChI=1S/C14H21N3O/c1-2-12(15)14(18)17-8-11(13(16)9-17)10-6-4-3-5-7-10/h3-7,11-13H,2,8-9,15-16H2,1H3/t11-,12-,13+/m0/s1. The summed E-state index contributed by atoms with van der Waals surface area (Å²) in [6.07, 6.45) is 0.667. The normalized spacial score (nSPS) is 25.2. The Morgan fingerprint density at radius 1 is 1.39 bits per heavy atom. The SMILES string of the molecule is CC[C@H](N)C(=O)N1C[C@@H](N)[C@H](c2ccccc2)C1. The van der Waals surface area contributed by atoms with E-state index in [-0.39, 0.29) is 17.9 Å². The Kier molecular flexibility index (Phi) is 3.99. The Morgan fingerprint density at radius 3 is 2.67 bits per heavy atom. The van der Waals surface area contributed by atoms with Crippen LogP contribution in [0.3, 0.4) is 0 Å². The smallest absolute Gasteiger partial charge is 0.239 e. The van der Waals surface area contributed by atoms with Crippen LogP contribution in [0.2, 0.25) is 0 Å². The number of rotatable bonds is 3. The zero-order valence-corrected chi connectivity index (χ0v) is 10.8. The van der Waals surface area contributed by atoms with Crippen molar-refractivity contribution in [3.8, 4) is 0 Å². The fourth-order valence-electron chi connectivity index (χ4n) is 2.47. The number of benzene rings is 1. The lowest BCUT2D eigenvalue weighted by Crippen LogP contribution is -2.43. The van der Waals surface area contributed by atoms with Crippen LogP contribution in [0.25, 0.3) is 0 Å². The van der Waals surface area contributed by atoms with Gasteiger partial charge in [-0.05, 0) is 12.0 Å². The molecule has 4 N–H and O–H groups in total. The van der Waals surface area contributed by atoms with E-state index in [4.69, 9.17) is 11.5 Å². The second kappa shape index (κ2) is 5.50. The highest BCUT2D eigenvalue weighted by Gasteiger charge is 2.34. The topological polar surface area (TPSA) is 72.4 Å². The summed E-state index contributed by atoms with van der Waals surface area (Å²) in [7, 11) is 0. The molecule has 4 heteroatoms. The lowest BCUT2D eigenvalue weighted by Gasteiger charge is -2.19. The first-order valence-electron chi connectivity index (χ1n) is 6.48. The summed E-state index contributed by atoms with van der Waals surface area (Å²) >= 11 is 0. The van der Waals surface area contributed by atoms with Crippen LogP contribution in [-0.4, -0.2) is 36.0 Å². The lowest BCUT2D eigenvalue weighted by molar-refractivity contribution is -0.131. The maximum Gasteiger partial charge on any atom is 0.239 e. The van der Waals surface area contributed by atoms with Crippen molar-refractivity contribution in [1.29, 1.82) is 0 Å². The second-order valence-electron chi connectivity index (χ2n) is 4.94. The van der Waals surface area contributed by atoms with E-state index in [1.54, 1.807) is 4.90 Å². The molecule has 1 fully saturated rings. The molecule has 0 aromatic heterocycles.